The molecule has 0 saturated heterocycles. The minimum absolute atomic E-state index is 0.109. The van der Waals surface area contributed by atoms with Gasteiger partial charge in [0, 0.05) is 5.56 Å². The Bertz CT molecular complexity index is 592. The second-order valence-corrected chi connectivity index (χ2v) is 4.92. The first-order valence-corrected chi connectivity index (χ1v) is 6.17. The maximum Gasteiger partial charge on any atom is 0.329 e. The Balaban J connectivity index is 2.33. The molecule has 1 aromatic carbocycles. The first kappa shape index (κ1) is 14.0. The van der Waals surface area contributed by atoms with Crippen molar-refractivity contribution in [2.45, 2.75) is 31.7 Å². The summed E-state index contributed by atoms with van der Waals surface area (Å²) >= 11 is 0. The van der Waals surface area contributed by atoms with Crippen LogP contribution in [0.5, 0.6) is 0 Å². The summed E-state index contributed by atoms with van der Waals surface area (Å²) in [6.45, 7) is 1.53. The van der Waals surface area contributed by atoms with Gasteiger partial charge in [-0.3, -0.25) is 14.9 Å². The first-order valence-electron chi connectivity index (χ1n) is 6.17. The standard InChI is InChI=1S/C13H14N2O5/c1-8-4-2-5-9(10(8)15(19)20)11(16)14-13(12(17)18)6-3-7-13/h2,4-5H,3,6-7H2,1H3,(H,14,16)(H,17,18). The highest BCUT2D eigenvalue weighted by atomic mass is 16.6. The minimum Gasteiger partial charge on any atom is -0.480 e. The van der Waals surface area contributed by atoms with Crippen LogP contribution in [0.2, 0.25) is 0 Å². The number of benzene rings is 1. The Morgan fingerprint density at radius 1 is 1.40 bits per heavy atom. The number of hydrogen-bond acceptors (Lipinski definition) is 4. The van der Waals surface area contributed by atoms with E-state index in [2.05, 4.69) is 5.32 Å². The fraction of sp³-hybridized carbons (Fsp3) is 0.385. The van der Waals surface area contributed by atoms with Crippen molar-refractivity contribution in [3.63, 3.8) is 0 Å². The molecule has 1 fully saturated rings. The van der Waals surface area contributed by atoms with Gasteiger partial charge < -0.3 is 10.4 Å². The molecule has 0 bridgehead atoms. The lowest BCUT2D eigenvalue weighted by atomic mass is 9.76. The van der Waals surface area contributed by atoms with E-state index < -0.39 is 22.3 Å². The largest absolute Gasteiger partial charge is 0.480 e. The zero-order valence-electron chi connectivity index (χ0n) is 10.9. The number of rotatable bonds is 4. The van der Waals surface area contributed by atoms with Gasteiger partial charge in [-0.15, -0.1) is 0 Å². The van der Waals surface area contributed by atoms with E-state index in [4.69, 9.17) is 5.11 Å². The second kappa shape index (κ2) is 4.92. The van der Waals surface area contributed by atoms with Gasteiger partial charge in [0.1, 0.15) is 11.1 Å². The van der Waals surface area contributed by atoms with Crippen molar-refractivity contribution in [3.05, 3.63) is 39.4 Å². The Hall–Kier alpha value is -2.44. The molecule has 0 aromatic heterocycles. The van der Waals surface area contributed by atoms with Crippen molar-refractivity contribution >= 4 is 17.6 Å². The second-order valence-electron chi connectivity index (χ2n) is 4.92. The summed E-state index contributed by atoms with van der Waals surface area (Å²) in [4.78, 5) is 33.8. The van der Waals surface area contributed by atoms with E-state index >= 15 is 0 Å². The van der Waals surface area contributed by atoms with Crippen LogP contribution in [-0.4, -0.2) is 27.4 Å². The number of carboxylic acid groups (broad SMARTS) is 1. The number of aryl methyl sites for hydroxylation is 1. The fourth-order valence-electron chi connectivity index (χ4n) is 2.29. The summed E-state index contributed by atoms with van der Waals surface area (Å²) < 4.78 is 0. The monoisotopic (exact) mass is 278 g/mol. The van der Waals surface area contributed by atoms with Gasteiger partial charge in [0.05, 0.1) is 4.92 Å². The van der Waals surface area contributed by atoms with Crippen molar-refractivity contribution in [1.29, 1.82) is 0 Å². The van der Waals surface area contributed by atoms with Crippen molar-refractivity contribution in [3.8, 4) is 0 Å². The summed E-state index contributed by atoms with van der Waals surface area (Å²) in [7, 11) is 0. The topological polar surface area (TPSA) is 110 Å². The van der Waals surface area contributed by atoms with E-state index in [1.165, 1.54) is 25.1 Å². The molecule has 1 aliphatic carbocycles. The Labute approximate surface area is 114 Å². The van der Waals surface area contributed by atoms with Gasteiger partial charge >= 0.3 is 5.97 Å². The van der Waals surface area contributed by atoms with E-state index in [1.807, 2.05) is 0 Å². The number of nitrogens with zero attached hydrogens (tertiary/aromatic N) is 1. The number of amides is 1. The number of carboxylic acids is 1. The maximum absolute atomic E-state index is 12.2. The lowest BCUT2D eigenvalue weighted by Crippen LogP contribution is -2.59. The van der Waals surface area contributed by atoms with E-state index in [-0.39, 0.29) is 11.3 Å². The van der Waals surface area contributed by atoms with Crippen molar-refractivity contribution in [1.82, 2.24) is 5.32 Å². The van der Waals surface area contributed by atoms with E-state index in [0.717, 1.165) is 0 Å². The zero-order valence-corrected chi connectivity index (χ0v) is 10.9. The Kier molecular flexibility index (Phi) is 3.44. The quantitative estimate of drug-likeness (QED) is 0.642. The van der Waals surface area contributed by atoms with Crippen LogP contribution in [0.3, 0.4) is 0 Å². The summed E-state index contributed by atoms with van der Waals surface area (Å²) in [5.74, 6) is -1.82. The van der Waals surface area contributed by atoms with Gasteiger partial charge in [-0.1, -0.05) is 12.1 Å². The Morgan fingerprint density at radius 3 is 2.50 bits per heavy atom. The first-order chi connectivity index (χ1) is 9.37. The fourth-order valence-corrected chi connectivity index (χ4v) is 2.29. The molecule has 106 valence electrons. The van der Waals surface area contributed by atoms with Crippen LogP contribution in [0.25, 0.3) is 0 Å². The van der Waals surface area contributed by atoms with Crippen LogP contribution in [-0.2, 0) is 4.79 Å². The number of hydrogen-bond donors (Lipinski definition) is 2. The molecule has 20 heavy (non-hydrogen) atoms. The van der Waals surface area contributed by atoms with E-state index in [0.29, 0.717) is 24.8 Å². The highest BCUT2D eigenvalue weighted by molar-refractivity contribution is 6.01. The van der Waals surface area contributed by atoms with Gasteiger partial charge in [0.25, 0.3) is 11.6 Å². The number of nitro benzene ring substituents is 1. The predicted octanol–water partition coefficient (Wildman–Crippen LogP) is 1.64. The molecule has 0 heterocycles. The number of aliphatic carboxylic acids is 1. The third-order valence-electron chi connectivity index (χ3n) is 3.63. The van der Waals surface area contributed by atoms with Crippen LogP contribution in [0.4, 0.5) is 5.69 Å². The van der Waals surface area contributed by atoms with E-state index in [9.17, 15) is 19.7 Å². The van der Waals surface area contributed by atoms with Gasteiger partial charge in [-0.05, 0) is 32.3 Å². The predicted molar refractivity (Wildman–Crippen MR) is 69.5 cm³/mol. The van der Waals surface area contributed by atoms with Crippen LogP contribution in [0.1, 0.15) is 35.2 Å². The van der Waals surface area contributed by atoms with Crippen LogP contribution >= 0.6 is 0 Å². The number of nitro groups is 1. The molecular formula is C13H14N2O5. The molecule has 1 saturated carbocycles. The van der Waals surface area contributed by atoms with E-state index in [1.54, 1.807) is 0 Å². The molecule has 0 spiro atoms. The van der Waals surface area contributed by atoms with Crippen molar-refractivity contribution < 1.29 is 19.6 Å². The number of carbonyl (C=O) groups is 2. The molecule has 2 N–H and O–H groups in total. The third kappa shape index (κ3) is 2.22. The summed E-state index contributed by atoms with van der Waals surface area (Å²) in [5.41, 5.74) is -1.32. The van der Waals surface area contributed by atoms with Gasteiger partial charge in [0.15, 0.2) is 0 Å². The molecule has 1 amide bonds. The smallest absolute Gasteiger partial charge is 0.329 e. The van der Waals surface area contributed by atoms with Gasteiger partial charge in [-0.25, -0.2) is 4.79 Å². The number of carbonyl (C=O) groups excluding carboxylic acids is 1. The van der Waals surface area contributed by atoms with Crippen LogP contribution in [0, 0.1) is 17.0 Å². The lowest BCUT2D eigenvalue weighted by Gasteiger charge is -2.38. The highest BCUT2D eigenvalue weighted by Gasteiger charge is 2.46. The molecule has 0 radical (unpaired) electrons. The molecule has 7 nitrogen and oxygen atoms in total. The average Bonchev–Trinajstić information content (AvgIpc) is 2.32. The van der Waals surface area contributed by atoms with Crippen LogP contribution in [0.15, 0.2) is 18.2 Å². The third-order valence-corrected chi connectivity index (χ3v) is 3.63. The molecule has 1 aromatic rings. The molecule has 0 atom stereocenters. The zero-order chi connectivity index (χ0) is 14.9. The number of nitrogens with one attached hydrogen (secondary N) is 1. The van der Waals surface area contributed by atoms with Crippen LogP contribution < -0.4 is 5.32 Å². The SMILES string of the molecule is Cc1cccc(C(=O)NC2(C(=O)O)CCC2)c1[N+](=O)[O-]. The lowest BCUT2D eigenvalue weighted by molar-refractivity contribution is -0.385. The number of para-hydroxylation sites is 1. The van der Waals surface area contributed by atoms with Gasteiger partial charge in [0.2, 0.25) is 0 Å². The molecular weight excluding hydrogens is 264 g/mol. The summed E-state index contributed by atoms with van der Waals surface area (Å²) in [6.07, 6.45) is 1.39. The normalized spacial score (nSPS) is 16.1. The molecule has 2 rings (SSSR count). The molecule has 7 heteroatoms. The maximum atomic E-state index is 12.2. The van der Waals surface area contributed by atoms with Crippen molar-refractivity contribution in [2.75, 3.05) is 0 Å². The molecule has 0 unspecified atom stereocenters. The molecule has 1 aliphatic rings. The molecule has 0 aliphatic heterocycles. The minimum atomic E-state index is -1.28. The Morgan fingerprint density at radius 2 is 2.05 bits per heavy atom. The average molecular weight is 278 g/mol. The van der Waals surface area contributed by atoms with Crippen molar-refractivity contribution in [2.24, 2.45) is 0 Å². The summed E-state index contributed by atoms with van der Waals surface area (Å²) in [5, 5.41) is 22.6. The highest BCUT2D eigenvalue weighted by Crippen LogP contribution is 2.33. The summed E-state index contributed by atoms with van der Waals surface area (Å²) in [6, 6.07) is 4.39. The van der Waals surface area contributed by atoms with Gasteiger partial charge in [-0.2, -0.15) is 0 Å².